The maximum Gasteiger partial charge on any atom is 0.172 e. The van der Waals surface area contributed by atoms with Crippen molar-refractivity contribution in [2.75, 3.05) is 0 Å². The third-order valence-electron chi connectivity index (χ3n) is 2.47. The zero-order valence-electron chi connectivity index (χ0n) is 9.87. The summed E-state index contributed by atoms with van der Waals surface area (Å²) in [4.78, 5) is 9.51. The fourth-order valence-electron chi connectivity index (χ4n) is 1.41. The van der Waals surface area contributed by atoms with Crippen molar-refractivity contribution < 1.29 is 5.11 Å². The van der Waals surface area contributed by atoms with Crippen molar-refractivity contribution in [3.05, 3.63) is 36.4 Å². The van der Waals surface area contributed by atoms with Crippen molar-refractivity contribution in [2.24, 2.45) is 7.05 Å². The summed E-state index contributed by atoms with van der Waals surface area (Å²) in [5, 5.41) is 10.6. The van der Waals surface area contributed by atoms with Gasteiger partial charge in [-0.25, -0.2) is 4.98 Å². The Labute approximate surface area is 105 Å². The Morgan fingerprint density at radius 3 is 2.76 bits per heavy atom. The number of imidazole rings is 1. The molecule has 17 heavy (non-hydrogen) atoms. The van der Waals surface area contributed by atoms with Crippen LogP contribution < -0.4 is 0 Å². The standard InChI is InChI=1S/C12H15N3OS/c1-3-11(16)10-5-4-9(8-14-10)17-12-13-6-7-15(12)2/h4-8,11,16H,3H2,1-2H3/t11-/m1/s1. The molecule has 0 aliphatic carbocycles. The summed E-state index contributed by atoms with van der Waals surface area (Å²) in [6, 6.07) is 3.82. The number of rotatable bonds is 4. The molecule has 0 spiro atoms. The van der Waals surface area contributed by atoms with Crippen LogP contribution in [-0.4, -0.2) is 19.6 Å². The molecule has 0 unspecified atom stereocenters. The second kappa shape index (κ2) is 5.33. The molecule has 0 aliphatic rings. The summed E-state index contributed by atoms with van der Waals surface area (Å²) in [5.41, 5.74) is 0.719. The van der Waals surface area contributed by atoms with E-state index in [2.05, 4.69) is 9.97 Å². The quantitative estimate of drug-likeness (QED) is 0.904. The Kier molecular flexibility index (Phi) is 3.81. The lowest BCUT2D eigenvalue weighted by atomic mass is 10.2. The Hall–Kier alpha value is -1.33. The zero-order valence-corrected chi connectivity index (χ0v) is 10.7. The highest BCUT2D eigenvalue weighted by Gasteiger charge is 2.07. The highest BCUT2D eigenvalue weighted by Crippen LogP contribution is 2.26. The van der Waals surface area contributed by atoms with E-state index >= 15 is 0 Å². The van der Waals surface area contributed by atoms with Gasteiger partial charge in [0.1, 0.15) is 0 Å². The van der Waals surface area contributed by atoms with Crippen LogP contribution in [0.2, 0.25) is 0 Å². The number of aliphatic hydroxyl groups is 1. The lowest BCUT2D eigenvalue weighted by molar-refractivity contribution is 0.169. The summed E-state index contributed by atoms with van der Waals surface area (Å²) in [6.07, 6.45) is 5.66. The van der Waals surface area contributed by atoms with Crippen LogP contribution in [0.25, 0.3) is 0 Å². The molecule has 0 radical (unpaired) electrons. The fourth-order valence-corrected chi connectivity index (χ4v) is 2.18. The van der Waals surface area contributed by atoms with Crippen molar-refractivity contribution in [1.29, 1.82) is 0 Å². The van der Waals surface area contributed by atoms with Crippen LogP contribution in [0.3, 0.4) is 0 Å². The third kappa shape index (κ3) is 2.87. The van der Waals surface area contributed by atoms with Gasteiger partial charge in [-0.15, -0.1) is 0 Å². The van der Waals surface area contributed by atoms with E-state index in [-0.39, 0.29) is 0 Å². The molecular formula is C12H15N3OS. The first-order valence-electron chi connectivity index (χ1n) is 5.50. The number of hydrogen-bond acceptors (Lipinski definition) is 4. The van der Waals surface area contributed by atoms with E-state index < -0.39 is 6.10 Å². The smallest absolute Gasteiger partial charge is 0.172 e. The Morgan fingerprint density at radius 1 is 1.41 bits per heavy atom. The zero-order chi connectivity index (χ0) is 12.3. The molecule has 2 aromatic heterocycles. The van der Waals surface area contributed by atoms with Crippen molar-refractivity contribution in [3.8, 4) is 0 Å². The van der Waals surface area contributed by atoms with E-state index in [1.807, 2.05) is 36.9 Å². The van der Waals surface area contributed by atoms with Crippen molar-refractivity contribution in [2.45, 2.75) is 29.5 Å². The Morgan fingerprint density at radius 2 is 2.24 bits per heavy atom. The summed E-state index contributed by atoms with van der Waals surface area (Å²) >= 11 is 1.56. The molecular weight excluding hydrogens is 234 g/mol. The van der Waals surface area contributed by atoms with Gasteiger partial charge in [0.25, 0.3) is 0 Å². The van der Waals surface area contributed by atoms with Gasteiger partial charge in [-0.05, 0) is 18.6 Å². The molecule has 0 saturated heterocycles. The summed E-state index contributed by atoms with van der Waals surface area (Å²) in [7, 11) is 1.96. The maximum atomic E-state index is 9.64. The van der Waals surface area contributed by atoms with Crippen LogP contribution in [0.15, 0.2) is 40.8 Å². The van der Waals surface area contributed by atoms with Crippen LogP contribution in [-0.2, 0) is 7.05 Å². The Bertz CT molecular complexity index is 481. The summed E-state index contributed by atoms with van der Waals surface area (Å²) < 4.78 is 1.96. The molecule has 1 atom stereocenters. The van der Waals surface area contributed by atoms with Gasteiger partial charge in [0.15, 0.2) is 5.16 Å². The molecule has 0 saturated carbocycles. The average molecular weight is 249 g/mol. The molecule has 2 rings (SSSR count). The third-order valence-corrected chi connectivity index (χ3v) is 3.53. The van der Waals surface area contributed by atoms with Crippen LogP contribution in [0, 0.1) is 0 Å². The van der Waals surface area contributed by atoms with Gasteiger partial charge in [-0.1, -0.05) is 18.7 Å². The number of hydrogen-bond donors (Lipinski definition) is 1. The second-order valence-corrected chi connectivity index (χ2v) is 4.81. The predicted molar refractivity (Wildman–Crippen MR) is 66.8 cm³/mol. The van der Waals surface area contributed by atoms with Crippen molar-refractivity contribution >= 4 is 11.8 Å². The first-order valence-corrected chi connectivity index (χ1v) is 6.31. The van der Waals surface area contributed by atoms with Gasteiger partial charge < -0.3 is 9.67 Å². The highest BCUT2D eigenvalue weighted by atomic mass is 32.2. The van der Waals surface area contributed by atoms with Crippen molar-refractivity contribution in [1.82, 2.24) is 14.5 Å². The van der Waals surface area contributed by atoms with Gasteiger partial charge in [-0.2, -0.15) is 0 Å². The van der Waals surface area contributed by atoms with Gasteiger partial charge in [0, 0.05) is 30.5 Å². The monoisotopic (exact) mass is 249 g/mol. The van der Waals surface area contributed by atoms with Crippen LogP contribution in [0.4, 0.5) is 0 Å². The molecule has 2 aromatic rings. The van der Waals surface area contributed by atoms with Gasteiger partial charge in [0.05, 0.1) is 11.8 Å². The van der Waals surface area contributed by atoms with Crippen LogP contribution >= 0.6 is 11.8 Å². The minimum Gasteiger partial charge on any atom is -0.387 e. The number of pyridine rings is 1. The van der Waals surface area contributed by atoms with Crippen LogP contribution in [0.5, 0.6) is 0 Å². The first-order chi connectivity index (χ1) is 8.20. The first kappa shape index (κ1) is 12.1. The molecule has 0 bridgehead atoms. The molecule has 90 valence electrons. The number of aliphatic hydroxyl groups excluding tert-OH is 1. The largest absolute Gasteiger partial charge is 0.387 e. The molecule has 0 aromatic carbocycles. The second-order valence-electron chi connectivity index (χ2n) is 3.77. The summed E-state index contributed by atoms with van der Waals surface area (Å²) in [6.45, 7) is 1.93. The molecule has 0 aliphatic heterocycles. The lowest BCUT2D eigenvalue weighted by Crippen LogP contribution is -1.98. The minimum atomic E-state index is -0.470. The normalized spacial score (nSPS) is 12.6. The van der Waals surface area contributed by atoms with Crippen LogP contribution in [0.1, 0.15) is 25.1 Å². The van der Waals surface area contributed by atoms with Gasteiger partial charge in [-0.3, -0.25) is 4.98 Å². The van der Waals surface area contributed by atoms with E-state index in [9.17, 15) is 5.11 Å². The summed E-state index contributed by atoms with van der Waals surface area (Å²) in [5.74, 6) is 0. The van der Waals surface area contributed by atoms with E-state index in [0.717, 1.165) is 15.7 Å². The topological polar surface area (TPSA) is 50.9 Å². The van der Waals surface area contributed by atoms with E-state index in [4.69, 9.17) is 0 Å². The Balaban J connectivity index is 2.11. The van der Waals surface area contributed by atoms with E-state index in [1.165, 1.54) is 0 Å². The fraction of sp³-hybridized carbons (Fsp3) is 0.333. The molecule has 4 nitrogen and oxygen atoms in total. The molecule has 0 amide bonds. The number of aryl methyl sites for hydroxylation is 1. The highest BCUT2D eigenvalue weighted by molar-refractivity contribution is 7.99. The van der Waals surface area contributed by atoms with Gasteiger partial charge >= 0.3 is 0 Å². The van der Waals surface area contributed by atoms with Gasteiger partial charge in [0.2, 0.25) is 0 Å². The lowest BCUT2D eigenvalue weighted by Gasteiger charge is -2.07. The molecule has 2 heterocycles. The molecule has 1 N–H and O–H groups in total. The van der Waals surface area contributed by atoms with E-state index in [0.29, 0.717) is 6.42 Å². The molecule has 5 heteroatoms. The van der Waals surface area contributed by atoms with Crippen molar-refractivity contribution in [3.63, 3.8) is 0 Å². The minimum absolute atomic E-state index is 0.470. The molecule has 0 fully saturated rings. The number of aromatic nitrogens is 3. The average Bonchev–Trinajstić information content (AvgIpc) is 2.75. The number of nitrogens with zero attached hydrogens (tertiary/aromatic N) is 3. The maximum absolute atomic E-state index is 9.64. The predicted octanol–water partition coefficient (Wildman–Crippen LogP) is 2.41. The van der Waals surface area contributed by atoms with E-state index in [1.54, 1.807) is 24.2 Å². The SMILES string of the molecule is CC[C@@H](O)c1ccc(Sc2nccn2C)cn1.